The van der Waals surface area contributed by atoms with E-state index in [1.54, 1.807) is 30.3 Å². The summed E-state index contributed by atoms with van der Waals surface area (Å²) in [5, 5.41) is 2.56. The van der Waals surface area contributed by atoms with Crippen molar-refractivity contribution >= 4 is 42.1 Å². The van der Waals surface area contributed by atoms with Gasteiger partial charge in [-0.25, -0.2) is 19.2 Å². The van der Waals surface area contributed by atoms with Crippen LogP contribution in [-0.4, -0.2) is 177 Å². The zero-order valence-corrected chi connectivity index (χ0v) is 42.6. The first-order valence-electron chi connectivity index (χ1n) is 21.6. The van der Waals surface area contributed by atoms with Gasteiger partial charge in [0.05, 0.1) is 34.3 Å². The number of nitrogens with one attached hydrogen (secondary N) is 1. The summed E-state index contributed by atoms with van der Waals surface area (Å²) in [5.74, 6) is -4.47. The molecule has 1 aromatic rings. The van der Waals surface area contributed by atoms with Crippen LogP contribution in [0.4, 0.5) is 9.59 Å². The van der Waals surface area contributed by atoms with Crippen LogP contribution in [0.5, 0.6) is 0 Å². The molecule has 0 spiro atoms. The first-order chi connectivity index (χ1) is 29.8. The molecule has 0 heterocycles. The summed E-state index contributed by atoms with van der Waals surface area (Å²) in [6, 6.07) is 8.83. The Hall–Kier alpha value is -4.53. The lowest BCUT2D eigenvalue weighted by Gasteiger charge is -2.27. The lowest BCUT2D eigenvalue weighted by molar-refractivity contribution is -0.870. The maximum atomic E-state index is 13.2. The molecule has 374 valence electrons. The zero-order valence-electron chi connectivity index (χ0n) is 41.0. The maximum Gasteiger partial charge on any atom is 0.509 e. The van der Waals surface area contributed by atoms with Crippen LogP contribution >= 0.6 is 0 Å². The Morgan fingerprint density at radius 2 is 1.17 bits per heavy atom. The molecule has 0 bridgehead atoms. The Morgan fingerprint density at radius 1 is 0.662 bits per heavy atom. The van der Waals surface area contributed by atoms with Gasteiger partial charge in [0.1, 0.15) is 43.9 Å². The van der Waals surface area contributed by atoms with E-state index in [1.807, 2.05) is 28.1 Å². The number of alkyl carbamates (subject to hydrolysis) is 1. The number of benzene rings is 1. The van der Waals surface area contributed by atoms with Crippen LogP contribution in [0.15, 0.2) is 30.3 Å². The van der Waals surface area contributed by atoms with Crippen molar-refractivity contribution in [3.63, 3.8) is 0 Å². The van der Waals surface area contributed by atoms with Gasteiger partial charge in [-0.05, 0) is 93.8 Å². The SMILES string of the molecule is CCCCNC(=O)OCC(C)(COC(=O)C(C)OC(=O)C(C)OC(=O)OCC(C)(COC(C)=O)C(=O)OCCC[N+](C)(C)C)C(=O)OCc1ccccc1.CN(C)CCCCN(C)C.[Br-]. The third-order valence-corrected chi connectivity index (χ3v) is 9.05. The molecule has 1 rings (SSSR count). The Bertz CT molecular complexity index is 1570. The highest BCUT2D eigenvalue weighted by atomic mass is 79.9. The summed E-state index contributed by atoms with van der Waals surface area (Å²) in [6.07, 6.45) is -0.496. The number of halogens is 1. The average molecular weight is 994 g/mol. The van der Waals surface area contributed by atoms with Gasteiger partial charge in [0.25, 0.3) is 0 Å². The molecule has 4 atom stereocenters. The molecule has 65 heavy (non-hydrogen) atoms. The van der Waals surface area contributed by atoms with Gasteiger partial charge in [0.15, 0.2) is 12.2 Å². The number of unbranched alkanes of at least 4 members (excludes halogenated alkanes) is 2. The van der Waals surface area contributed by atoms with Crippen LogP contribution < -0.4 is 22.3 Å². The highest BCUT2D eigenvalue weighted by Gasteiger charge is 2.41. The minimum absolute atomic E-state index is 0. The molecule has 20 heteroatoms. The van der Waals surface area contributed by atoms with E-state index in [0.29, 0.717) is 23.0 Å². The third kappa shape index (κ3) is 30.3. The molecule has 1 amide bonds. The minimum Gasteiger partial charge on any atom is -1.00 e. The molecule has 0 radical (unpaired) electrons. The van der Waals surface area contributed by atoms with Gasteiger partial charge in [0, 0.05) is 19.9 Å². The monoisotopic (exact) mass is 992 g/mol. The number of hydrogen-bond donors (Lipinski definition) is 1. The molecule has 0 aromatic heterocycles. The number of quaternary nitrogens is 1. The molecule has 0 saturated carbocycles. The smallest absolute Gasteiger partial charge is 0.509 e. The number of rotatable bonds is 28. The van der Waals surface area contributed by atoms with Gasteiger partial charge >= 0.3 is 42.1 Å². The quantitative estimate of drug-likeness (QED) is 0.0544. The molecule has 0 fully saturated rings. The number of carbonyl (C=O) groups is 7. The second-order valence-electron chi connectivity index (χ2n) is 17.6. The van der Waals surface area contributed by atoms with Crippen molar-refractivity contribution in [1.29, 1.82) is 0 Å². The summed E-state index contributed by atoms with van der Waals surface area (Å²) >= 11 is 0. The lowest BCUT2D eigenvalue weighted by Crippen LogP contribution is -3.00. The summed E-state index contributed by atoms with van der Waals surface area (Å²) in [4.78, 5) is 92.1. The van der Waals surface area contributed by atoms with E-state index in [2.05, 4.69) is 43.3 Å². The molecule has 1 N–H and O–H groups in total. The van der Waals surface area contributed by atoms with E-state index < -0.39 is 91.6 Å². The number of esters is 5. The van der Waals surface area contributed by atoms with E-state index in [0.717, 1.165) is 33.2 Å². The number of carbonyl (C=O) groups excluding carboxylic acids is 7. The molecule has 0 aliphatic rings. The lowest BCUT2D eigenvalue weighted by atomic mass is 9.93. The molecule has 19 nitrogen and oxygen atoms in total. The zero-order chi connectivity index (χ0) is 48.9. The van der Waals surface area contributed by atoms with Crippen LogP contribution in [0.25, 0.3) is 0 Å². The minimum atomic E-state index is -1.64. The molecule has 0 aliphatic heterocycles. The van der Waals surface area contributed by atoms with Crippen molar-refractivity contribution in [2.24, 2.45) is 10.8 Å². The van der Waals surface area contributed by atoms with E-state index in [9.17, 15) is 33.6 Å². The van der Waals surface area contributed by atoms with Gasteiger partial charge in [-0.1, -0.05) is 43.7 Å². The van der Waals surface area contributed by atoms with Crippen molar-refractivity contribution < 1.29 is 92.9 Å². The third-order valence-electron chi connectivity index (χ3n) is 9.05. The van der Waals surface area contributed by atoms with Crippen LogP contribution in [-0.2, 0) is 68.5 Å². The van der Waals surface area contributed by atoms with Crippen molar-refractivity contribution in [3.05, 3.63) is 35.9 Å². The fourth-order valence-corrected chi connectivity index (χ4v) is 4.97. The predicted octanol–water partition coefficient (Wildman–Crippen LogP) is 1.38. The van der Waals surface area contributed by atoms with Gasteiger partial charge in [-0.2, -0.15) is 0 Å². The predicted molar refractivity (Wildman–Crippen MR) is 237 cm³/mol. The highest BCUT2D eigenvalue weighted by molar-refractivity contribution is 5.83. The second-order valence-corrected chi connectivity index (χ2v) is 17.6. The Labute approximate surface area is 396 Å². The molecule has 4 unspecified atom stereocenters. The topological polar surface area (TPSA) is 212 Å². The molecule has 0 aliphatic carbocycles. The number of nitrogens with zero attached hydrogens (tertiary/aromatic N) is 3. The van der Waals surface area contributed by atoms with Crippen LogP contribution in [0.2, 0.25) is 0 Å². The van der Waals surface area contributed by atoms with Crippen molar-refractivity contribution in [2.45, 2.75) is 92.5 Å². The van der Waals surface area contributed by atoms with Crippen molar-refractivity contribution in [2.75, 3.05) is 109 Å². The van der Waals surface area contributed by atoms with E-state index in [1.165, 1.54) is 46.7 Å². The summed E-state index contributed by atoms with van der Waals surface area (Å²) in [6.45, 7) is 9.54. The number of amides is 1. The van der Waals surface area contributed by atoms with Crippen molar-refractivity contribution in [3.8, 4) is 0 Å². The fourth-order valence-electron chi connectivity index (χ4n) is 4.97. The van der Waals surface area contributed by atoms with E-state index in [4.69, 9.17) is 37.9 Å². The van der Waals surface area contributed by atoms with Gasteiger partial charge in [-0.15, -0.1) is 0 Å². The van der Waals surface area contributed by atoms with E-state index >= 15 is 0 Å². The van der Waals surface area contributed by atoms with Gasteiger partial charge in [-0.3, -0.25) is 14.4 Å². The Kier molecular flexibility index (Phi) is 31.8. The molecule has 0 saturated heterocycles. The molecule has 1 aromatic carbocycles. The van der Waals surface area contributed by atoms with Crippen LogP contribution in [0.3, 0.4) is 0 Å². The summed E-state index contributed by atoms with van der Waals surface area (Å²) in [5.41, 5.74) is -2.53. The number of ether oxygens (including phenoxy) is 8. The second kappa shape index (κ2) is 33.0. The number of hydrogen-bond acceptors (Lipinski definition) is 17. The van der Waals surface area contributed by atoms with Crippen molar-refractivity contribution in [1.82, 2.24) is 15.1 Å². The maximum absolute atomic E-state index is 13.2. The summed E-state index contributed by atoms with van der Waals surface area (Å²) in [7, 11) is 14.4. The van der Waals surface area contributed by atoms with Gasteiger partial charge < -0.3 is 74.5 Å². The Morgan fingerprint density at radius 3 is 1.69 bits per heavy atom. The standard InChI is InChI=1S/C37H56N2O15.C8H20N2.BrH/c1-10-11-18-38-34(45)51-24-37(6,33(44)48-21-29-16-13-12-14-17-29)23-50-30(41)26(2)53-31(42)27(3)54-35(46)52-25-36(5,22-49-28(4)40)32(43)47-20-15-19-39(7,8)9;1-9(2)7-5-6-8-10(3)4;/h12-14,16-17,26-27H,10-11,15,18-25H2,1-9H3;5-8H2,1-4H3;1H. The fraction of sp³-hybridized carbons (Fsp3) is 0.711. The summed E-state index contributed by atoms with van der Waals surface area (Å²) < 4.78 is 42.0. The average Bonchev–Trinajstić information content (AvgIpc) is 3.22. The largest absolute Gasteiger partial charge is 1.00 e. The Balaban J connectivity index is 0. The molecular weight excluding hydrogens is 916 g/mol. The first-order valence-corrected chi connectivity index (χ1v) is 21.6. The van der Waals surface area contributed by atoms with Crippen LogP contribution in [0, 0.1) is 10.8 Å². The van der Waals surface area contributed by atoms with E-state index in [-0.39, 0.29) is 30.2 Å². The van der Waals surface area contributed by atoms with Gasteiger partial charge in [0.2, 0.25) is 0 Å². The molecular formula is C45H77BrN4O15. The van der Waals surface area contributed by atoms with Crippen LogP contribution in [0.1, 0.15) is 79.2 Å². The first kappa shape index (κ1) is 62.6. The normalized spacial score (nSPS) is 13.7. The highest BCUT2D eigenvalue weighted by Crippen LogP contribution is 2.23.